The van der Waals surface area contributed by atoms with Gasteiger partial charge < -0.3 is 10.2 Å². The molecule has 0 fully saturated rings. The summed E-state index contributed by atoms with van der Waals surface area (Å²) in [5, 5.41) is 7.96. The first-order valence-corrected chi connectivity index (χ1v) is 11.3. The summed E-state index contributed by atoms with van der Waals surface area (Å²) < 4.78 is 0. The first-order valence-electron chi connectivity index (χ1n) is 7.63. The van der Waals surface area contributed by atoms with Crippen LogP contribution in [-0.4, -0.2) is 32.5 Å². The molecule has 4 heteroatoms. The van der Waals surface area contributed by atoms with Gasteiger partial charge in [0.1, 0.15) is 11.8 Å². The molecule has 0 radical (unpaired) electrons. The molecule has 1 aromatic rings. The molecule has 1 aromatic carbocycles. The van der Waals surface area contributed by atoms with Crippen molar-refractivity contribution in [3.8, 4) is 0 Å². The van der Waals surface area contributed by atoms with Crippen LogP contribution in [0.4, 0.5) is 0 Å². The van der Waals surface area contributed by atoms with Crippen LogP contribution in [0.1, 0.15) is 12.0 Å². The number of benzene rings is 1. The summed E-state index contributed by atoms with van der Waals surface area (Å²) in [5.74, 6) is 0. The van der Waals surface area contributed by atoms with E-state index in [1.54, 1.807) is 0 Å². The van der Waals surface area contributed by atoms with Gasteiger partial charge in [-0.2, -0.15) is 0 Å². The van der Waals surface area contributed by atoms with Crippen molar-refractivity contribution in [3.63, 3.8) is 0 Å². The summed E-state index contributed by atoms with van der Waals surface area (Å²) in [5.41, 5.74) is 2.13. The summed E-state index contributed by atoms with van der Waals surface area (Å²) >= 11 is 0. The quantitative estimate of drug-likeness (QED) is 0.642. The predicted molar refractivity (Wildman–Crippen MR) is 92.6 cm³/mol. The van der Waals surface area contributed by atoms with Gasteiger partial charge >= 0.3 is 0 Å². The third kappa shape index (κ3) is 4.83. The van der Waals surface area contributed by atoms with E-state index in [1.807, 2.05) is 24.3 Å². The van der Waals surface area contributed by atoms with Crippen LogP contribution in [0, 0.1) is 0 Å². The lowest BCUT2D eigenvalue weighted by molar-refractivity contribution is 0.0493. The number of oxime groups is 1. The van der Waals surface area contributed by atoms with E-state index in [-0.39, 0.29) is 12.1 Å². The molecule has 0 saturated heterocycles. The second kappa shape index (κ2) is 7.05. The fourth-order valence-corrected chi connectivity index (χ4v) is 4.29. The molecule has 0 unspecified atom stereocenters. The highest BCUT2D eigenvalue weighted by Gasteiger charge is 2.31. The van der Waals surface area contributed by atoms with Crippen molar-refractivity contribution in [1.82, 2.24) is 5.32 Å². The average molecular weight is 302 g/mol. The van der Waals surface area contributed by atoms with Gasteiger partial charge in [-0.1, -0.05) is 61.2 Å². The van der Waals surface area contributed by atoms with Gasteiger partial charge in [0.05, 0.1) is 6.04 Å². The van der Waals surface area contributed by atoms with Gasteiger partial charge in [0.2, 0.25) is 0 Å². The largest absolute Gasteiger partial charge is 0.392 e. The van der Waals surface area contributed by atoms with Crippen LogP contribution >= 0.6 is 0 Å². The van der Waals surface area contributed by atoms with Gasteiger partial charge in [0.15, 0.2) is 0 Å². The number of nitrogens with one attached hydrogen (secondary N) is 1. The van der Waals surface area contributed by atoms with E-state index in [0.717, 1.165) is 30.3 Å². The molecule has 3 nitrogen and oxygen atoms in total. The Morgan fingerprint density at radius 1 is 1.33 bits per heavy atom. The van der Waals surface area contributed by atoms with Crippen LogP contribution in [0.15, 0.2) is 48.1 Å². The Morgan fingerprint density at radius 3 is 2.67 bits per heavy atom. The van der Waals surface area contributed by atoms with E-state index in [9.17, 15) is 0 Å². The molecular formula is C17H26N2OSi. The Balaban J connectivity index is 2.16. The van der Waals surface area contributed by atoms with Crippen LogP contribution in [0.5, 0.6) is 0 Å². The van der Waals surface area contributed by atoms with Gasteiger partial charge in [-0.05, 0) is 6.04 Å². The first-order chi connectivity index (χ1) is 9.99. The highest BCUT2D eigenvalue weighted by Crippen LogP contribution is 2.24. The van der Waals surface area contributed by atoms with E-state index in [4.69, 9.17) is 4.84 Å². The van der Waals surface area contributed by atoms with E-state index >= 15 is 0 Å². The molecule has 114 valence electrons. The summed E-state index contributed by atoms with van der Waals surface area (Å²) in [6, 6.07) is 11.7. The molecule has 1 aliphatic heterocycles. The highest BCUT2D eigenvalue weighted by molar-refractivity contribution is 6.76. The molecule has 0 aliphatic carbocycles. The second-order valence-electron chi connectivity index (χ2n) is 6.82. The molecule has 0 bridgehead atoms. The summed E-state index contributed by atoms with van der Waals surface area (Å²) in [4.78, 5) is 5.79. The third-order valence-electron chi connectivity index (χ3n) is 3.55. The van der Waals surface area contributed by atoms with E-state index in [0.29, 0.717) is 0 Å². The third-order valence-corrected chi connectivity index (χ3v) is 5.23. The van der Waals surface area contributed by atoms with Crippen molar-refractivity contribution in [2.24, 2.45) is 5.16 Å². The van der Waals surface area contributed by atoms with Crippen LogP contribution < -0.4 is 5.32 Å². The minimum absolute atomic E-state index is 0.228. The number of hydrogen-bond acceptors (Lipinski definition) is 3. The topological polar surface area (TPSA) is 33.6 Å². The average Bonchev–Trinajstić information content (AvgIpc) is 2.44. The molecule has 1 heterocycles. The Hall–Kier alpha value is -1.39. The van der Waals surface area contributed by atoms with E-state index < -0.39 is 8.07 Å². The van der Waals surface area contributed by atoms with Crippen LogP contribution in [-0.2, 0) is 4.84 Å². The van der Waals surface area contributed by atoms with Gasteiger partial charge in [-0.3, -0.25) is 0 Å². The van der Waals surface area contributed by atoms with Crippen LogP contribution in [0.25, 0.3) is 0 Å². The zero-order valence-electron chi connectivity index (χ0n) is 13.3. The van der Waals surface area contributed by atoms with Crippen molar-refractivity contribution in [2.45, 2.75) is 44.3 Å². The number of rotatable bonds is 6. The summed E-state index contributed by atoms with van der Waals surface area (Å²) in [6.45, 7) is 11.7. The minimum atomic E-state index is -1.15. The van der Waals surface area contributed by atoms with Gasteiger partial charge in [-0.15, -0.1) is 6.58 Å². The van der Waals surface area contributed by atoms with Crippen molar-refractivity contribution < 1.29 is 4.84 Å². The van der Waals surface area contributed by atoms with Crippen molar-refractivity contribution in [2.75, 3.05) is 6.54 Å². The Kier molecular flexibility index (Phi) is 5.37. The van der Waals surface area contributed by atoms with Crippen molar-refractivity contribution in [3.05, 3.63) is 48.6 Å². The standard InChI is InChI=1S/C17H26N2OSi/c1-5-11-18-16-12-15(13-21(2,3)4)20-19-17(16)14-9-7-6-8-10-14/h5-10,15-16,18H,1,11-13H2,2-4H3/t15-,16-/m0/s1. The Morgan fingerprint density at radius 2 is 2.05 bits per heavy atom. The first kappa shape index (κ1) is 16.0. The lowest BCUT2D eigenvalue weighted by atomic mass is 9.97. The molecule has 0 amide bonds. The molecule has 0 aromatic heterocycles. The maximum atomic E-state index is 5.79. The molecule has 21 heavy (non-hydrogen) atoms. The predicted octanol–water partition coefficient (Wildman–Crippen LogP) is 3.66. The summed E-state index contributed by atoms with van der Waals surface area (Å²) in [7, 11) is -1.15. The monoisotopic (exact) mass is 302 g/mol. The van der Waals surface area contributed by atoms with Crippen LogP contribution in [0.2, 0.25) is 25.7 Å². The molecule has 0 saturated carbocycles. The van der Waals surface area contributed by atoms with Crippen molar-refractivity contribution in [1.29, 1.82) is 0 Å². The SMILES string of the molecule is C=CCN[C@H]1C[C@@H](C[Si](C)(C)C)ON=C1c1ccccc1. The summed E-state index contributed by atoms with van der Waals surface area (Å²) in [6.07, 6.45) is 3.10. The molecule has 1 N–H and O–H groups in total. The fraction of sp³-hybridized carbons (Fsp3) is 0.471. The lowest BCUT2D eigenvalue weighted by Crippen LogP contribution is -2.45. The Labute approximate surface area is 129 Å². The smallest absolute Gasteiger partial charge is 0.127 e. The maximum absolute atomic E-state index is 5.79. The van der Waals surface area contributed by atoms with Crippen LogP contribution in [0.3, 0.4) is 0 Å². The molecule has 2 atom stereocenters. The molecule has 0 spiro atoms. The maximum Gasteiger partial charge on any atom is 0.127 e. The zero-order valence-corrected chi connectivity index (χ0v) is 14.3. The van der Waals surface area contributed by atoms with E-state index in [2.05, 4.69) is 48.8 Å². The number of hydrogen-bond donors (Lipinski definition) is 1. The fourth-order valence-electron chi connectivity index (χ4n) is 2.68. The van der Waals surface area contributed by atoms with Crippen molar-refractivity contribution >= 4 is 13.8 Å². The highest BCUT2D eigenvalue weighted by atomic mass is 28.3. The van der Waals surface area contributed by atoms with E-state index in [1.165, 1.54) is 0 Å². The van der Waals surface area contributed by atoms with Gasteiger partial charge in [0, 0.05) is 26.6 Å². The molecule has 1 aliphatic rings. The van der Waals surface area contributed by atoms with Gasteiger partial charge in [0.25, 0.3) is 0 Å². The molecule has 2 rings (SSSR count). The van der Waals surface area contributed by atoms with Gasteiger partial charge in [-0.25, -0.2) is 0 Å². The second-order valence-corrected chi connectivity index (χ2v) is 12.3. The number of nitrogens with zero attached hydrogens (tertiary/aromatic N) is 1. The lowest BCUT2D eigenvalue weighted by Gasteiger charge is -2.32. The minimum Gasteiger partial charge on any atom is -0.392 e. The zero-order chi connectivity index (χ0) is 15.3. The molecular weight excluding hydrogens is 276 g/mol. The normalized spacial score (nSPS) is 22.3. The Bertz CT molecular complexity index is 493.